The van der Waals surface area contributed by atoms with E-state index in [-0.39, 0.29) is 24.4 Å². The van der Waals surface area contributed by atoms with Gasteiger partial charge in [-0.3, -0.25) is 9.69 Å². The Morgan fingerprint density at radius 2 is 2.00 bits per heavy atom. The molecule has 2 unspecified atom stereocenters. The highest BCUT2D eigenvalue weighted by Gasteiger charge is 2.29. The minimum atomic E-state index is 0. The van der Waals surface area contributed by atoms with E-state index in [4.69, 9.17) is 10.5 Å². The molecule has 2 fully saturated rings. The fourth-order valence-corrected chi connectivity index (χ4v) is 3.43. The zero-order chi connectivity index (χ0) is 14.4. The number of nitrogens with one attached hydrogen (secondary N) is 1. The Kier molecular flexibility index (Phi) is 8.56. The number of carbonyl (C=O) groups is 1. The Morgan fingerprint density at radius 3 is 2.62 bits per heavy atom. The van der Waals surface area contributed by atoms with Gasteiger partial charge in [-0.25, -0.2) is 0 Å². The molecule has 1 saturated heterocycles. The third kappa shape index (κ3) is 5.74. The molecule has 21 heavy (non-hydrogen) atoms. The van der Waals surface area contributed by atoms with Crippen LogP contribution in [0, 0.1) is 0 Å². The highest BCUT2D eigenvalue weighted by atomic mass is 35.5. The maximum Gasteiger partial charge on any atom is 0.234 e. The highest BCUT2D eigenvalue weighted by Crippen LogP contribution is 2.20. The van der Waals surface area contributed by atoms with Crippen LogP contribution in [-0.4, -0.2) is 55.7 Å². The highest BCUT2D eigenvalue weighted by molar-refractivity contribution is 5.85. The van der Waals surface area contributed by atoms with Gasteiger partial charge in [0, 0.05) is 32.3 Å². The summed E-state index contributed by atoms with van der Waals surface area (Å²) in [6.07, 6.45) is 8.29. The molecule has 2 rings (SSSR count). The summed E-state index contributed by atoms with van der Waals surface area (Å²) in [6, 6.07) is 0.662. The van der Waals surface area contributed by atoms with Gasteiger partial charge in [0.2, 0.25) is 5.91 Å². The van der Waals surface area contributed by atoms with Crippen LogP contribution in [0.4, 0.5) is 0 Å². The van der Waals surface area contributed by atoms with E-state index in [0.717, 1.165) is 32.2 Å². The van der Waals surface area contributed by atoms with Crippen molar-refractivity contribution in [2.24, 2.45) is 5.73 Å². The number of piperidine rings is 1. The molecule has 6 heteroatoms. The topological polar surface area (TPSA) is 67.6 Å². The van der Waals surface area contributed by atoms with Gasteiger partial charge < -0.3 is 15.8 Å². The normalized spacial score (nSPS) is 27.9. The number of methoxy groups -OCH3 is 1. The van der Waals surface area contributed by atoms with Gasteiger partial charge >= 0.3 is 0 Å². The van der Waals surface area contributed by atoms with Crippen LogP contribution in [-0.2, 0) is 9.53 Å². The number of nitrogens with zero attached hydrogens (tertiary/aromatic N) is 1. The van der Waals surface area contributed by atoms with Crippen molar-refractivity contribution in [1.29, 1.82) is 0 Å². The molecule has 0 spiro atoms. The molecule has 3 N–H and O–H groups in total. The van der Waals surface area contributed by atoms with E-state index in [1.165, 1.54) is 19.3 Å². The van der Waals surface area contributed by atoms with E-state index in [9.17, 15) is 4.79 Å². The largest absolute Gasteiger partial charge is 0.381 e. The van der Waals surface area contributed by atoms with Crippen LogP contribution in [0.25, 0.3) is 0 Å². The number of halogens is 1. The molecule has 2 aliphatic rings. The molecule has 0 bridgehead atoms. The van der Waals surface area contributed by atoms with Crippen LogP contribution in [0.15, 0.2) is 0 Å². The van der Waals surface area contributed by atoms with Crippen LogP contribution in [0.3, 0.4) is 0 Å². The van der Waals surface area contributed by atoms with E-state index in [1.807, 2.05) is 0 Å². The molecule has 2 atom stereocenters. The van der Waals surface area contributed by atoms with E-state index < -0.39 is 0 Å². The molecule has 1 saturated carbocycles. The predicted molar refractivity (Wildman–Crippen MR) is 86.7 cm³/mol. The number of carbonyl (C=O) groups excluding carboxylic acids is 1. The summed E-state index contributed by atoms with van der Waals surface area (Å²) in [5.74, 6) is 0.159. The number of ether oxygens (including phenoxy) is 1. The fourth-order valence-electron chi connectivity index (χ4n) is 3.43. The molecule has 124 valence electrons. The van der Waals surface area contributed by atoms with Crippen molar-refractivity contribution in [2.45, 2.75) is 63.1 Å². The molecule has 5 nitrogen and oxygen atoms in total. The fraction of sp³-hybridized carbons (Fsp3) is 0.933. The lowest BCUT2D eigenvalue weighted by atomic mass is 9.95. The molecule has 0 aromatic carbocycles. The van der Waals surface area contributed by atoms with Gasteiger partial charge in [-0.1, -0.05) is 19.3 Å². The monoisotopic (exact) mass is 319 g/mol. The SMILES string of the molecule is COC1CCN(CC(=O)NC2CCCCC2)C(CN)C1.Cl. The summed E-state index contributed by atoms with van der Waals surface area (Å²) in [5, 5.41) is 3.18. The lowest BCUT2D eigenvalue weighted by Crippen LogP contribution is -2.52. The molecule has 0 radical (unpaired) electrons. The van der Waals surface area contributed by atoms with Crippen LogP contribution in [0.2, 0.25) is 0 Å². The first-order valence-electron chi connectivity index (χ1n) is 7.99. The van der Waals surface area contributed by atoms with Crippen molar-refractivity contribution in [2.75, 3.05) is 26.7 Å². The summed E-state index contributed by atoms with van der Waals surface area (Å²) in [7, 11) is 1.75. The quantitative estimate of drug-likeness (QED) is 0.801. The average Bonchev–Trinajstić information content (AvgIpc) is 2.48. The average molecular weight is 320 g/mol. The van der Waals surface area contributed by atoms with Crippen molar-refractivity contribution in [3.63, 3.8) is 0 Å². The van der Waals surface area contributed by atoms with Crippen molar-refractivity contribution in [3.05, 3.63) is 0 Å². The Labute approximate surface area is 134 Å². The van der Waals surface area contributed by atoms with Gasteiger partial charge in [0.1, 0.15) is 0 Å². The molecule has 1 amide bonds. The first kappa shape index (κ1) is 18.7. The van der Waals surface area contributed by atoms with E-state index >= 15 is 0 Å². The lowest BCUT2D eigenvalue weighted by molar-refractivity contribution is -0.124. The Hall–Kier alpha value is -0.360. The lowest BCUT2D eigenvalue weighted by Gasteiger charge is -2.38. The Bertz CT molecular complexity index is 311. The number of hydrogen-bond acceptors (Lipinski definition) is 4. The van der Waals surface area contributed by atoms with Crippen LogP contribution >= 0.6 is 12.4 Å². The van der Waals surface area contributed by atoms with Crippen LogP contribution in [0.1, 0.15) is 44.9 Å². The number of rotatable bonds is 5. The molecule has 0 aromatic rings. The molecule has 1 aliphatic heterocycles. The molecule has 1 aliphatic carbocycles. The summed E-state index contributed by atoms with van der Waals surface area (Å²) in [5.41, 5.74) is 5.84. The van der Waals surface area contributed by atoms with Crippen LogP contribution in [0.5, 0.6) is 0 Å². The second-order valence-corrected chi connectivity index (χ2v) is 6.14. The van der Waals surface area contributed by atoms with Crippen molar-refractivity contribution in [3.8, 4) is 0 Å². The van der Waals surface area contributed by atoms with Gasteiger partial charge in [0.15, 0.2) is 0 Å². The number of likely N-dealkylation sites (tertiary alicyclic amines) is 1. The van der Waals surface area contributed by atoms with Gasteiger partial charge in [-0.15, -0.1) is 12.4 Å². The smallest absolute Gasteiger partial charge is 0.234 e. The molecular formula is C15H30ClN3O2. The van der Waals surface area contributed by atoms with Crippen molar-refractivity contribution < 1.29 is 9.53 Å². The van der Waals surface area contributed by atoms with Crippen molar-refractivity contribution in [1.82, 2.24) is 10.2 Å². The van der Waals surface area contributed by atoms with Crippen molar-refractivity contribution >= 4 is 18.3 Å². The minimum absolute atomic E-state index is 0. The first-order chi connectivity index (χ1) is 9.72. The van der Waals surface area contributed by atoms with E-state index in [2.05, 4.69) is 10.2 Å². The number of nitrogens with two attached hydrogens (primary N) is 1. The third-order valence-corrected chi connectivity index (χ3v) is 4.71. The molecule has 0 aromatic heterocycles. The number of hydrogen-bond donors (Lipinski definition) is 2. The summed E-state index contributed by atoms with van der Waals surface area (Å²) in [4.78, 5) is 14.4. The second-order valence-electron chi connectivity index (χ2n) is 6.14. The molecular weight excluding hydrogens is 290 g/mol. The van der Waals surface area contributed by atoms with Crippen LogP contribution < -0.4 is 11.1 Å². The maximum atomic E-state index is 12.2. The standard InChI is InChI=1S/C15H29N3O2.ClH/c1-20-14-7-8-18(13(9-14)10-16)11-15(19)17-12-5-3-2-4-6-12;/h12-14H,2-11,16H2,1H3,(H,17,19);1H. The molecule has 1 heterocycles. The minimum Gasteiger partial charge on any atom is -0.381 e. The van der Waals surface area contributed by atoms with Gasteiger partial charge in [0.05, 0.1) is 12.6 Å². The Morgan fingerprint density at radius 1 is 1.29 bits per heavy atom. The third-order valence-electron chi connectivity index (χ3n) is 4.71. The predicted octanol–water partition coefficient (Wildman–Crippen LogP) is 1.30. The van der Waals surface area contributed by atoms with E-state index in [1.54, 1.807) is 7.11 Å². The summed E-state index contributed by atoms with van der Waals surface area (Å²) < 4.78 is 5.42. The zero-order valence-corrected chi connectivity index (χ0v) is 13.9. The van der Waals surface area contributed by atoms with Gasteiger partial charge in [-0.05, 0) is 25.7 Å². The Balaban J connectivity index is 0.00000220. The summed E-state index contributed by atoms with van der Waals surface area (Å²) in [6.45, 7) is 1.98. The van der Waals surface area contributed by atoms with E-state index in [0.29, 0.717) is 25.2 Å². The first-order valence-corrected chi connectivity index (χ1v) is 7.99. The van der Waals surface area contributed by atoms with Gasteiger partial charge in [0.25, 0.3) is 0 Å². The summed E-state index contributed by atoms with van der Waals surface area (Å²) >= 11 is 0. The van der Waals surface area contributed by atoms with Gasteiger partial charge in [-0.2, -0.15) is 0 Å². The number of amides is 1. The zero-order valence-electron chi connectivity index (χ0n) is 13.1. The maximum absolute atomic E-state index is 12.2. The second kappa shape index (κ2) is 9.62.